The molecule has 0 saturated carbocycles. The predicted octanol–water partition coefficient (Wildman–Crippen LogP) is 3.86. The van der Waals surface area contributed by atoms with Crippen LogP contribution in [0.15, 0.2) is 56.8 Å². The average Bonchev–Trinajstić information content (AvgIpc) is 2.96. The Balaban J connectivity index is 1.72. The van der Waals surface area contributed by atoms with Crippen molar-refractivity contribution in [2.24, 2.45) is 10.7 Å². The summed E-state index contributed by atoms with van der Waals surface area (Å²) < 4.78 is 5.98. The van der Waals surface area contributed by atoms with Crippen LogP contribution < -0.4 is 15.8 Å². The molecule has 1 aliphatic rings. The van der Waals surface area contributed by atoms with Gasteiger partial charge in [-0.1, -0.05) is 23.7 Å². The molecular weight excluding hydrogens is 454 g/mol. The maximum absolute atomic E-state index is 12.2. The van der Waals surface area contributed by atoms with Gasteiger partial charge in [0.05, 0.1) is 15.6 Å². The summed E-state index contributed by atoms with van der Waals surface area (Å²) in [4.78, 5) is 27.8. The second kappa shape index (κ2) is 8.60. The standard InChI is InChI=1S/C18H13BrClN3O3S/c19-13-6-3-11(8-14(13)20)22-18-23-17(25)15(27-18)7-10-1-4-12(5-2-10)26-9-16(21)24/h1-8H,9H2,(H2,21,24)(H,22,23,25)/b15-7-. The van der Waals surface area contributed by atoms with E-state index in [-0.39, 0.29) is 12.5 Å². The Morgan fingerprint density at radius 2 is 2.04 bits per heavy atom. The third-order valence-electron chi connectivity index (χ3n) is 3.34. The Morgan fingerprint density at radius 1 is 1.30 bits per heavy atom. The molecule has 0 unspecified atom stereocenters. The van der Waals surface area contributed by atoms with Gasteiger partial charge >= 0.3 is 0 Å². The molecule has 2 aromatic rings. The van der Waals surface area contributed by atoms with E-state index in [0.29, 0.717) is 26.5 Å². The maximum Gasteiger partial charge on any atom is 0.264 e. The fourth-order valence-corrected chi connectivity index (χ4v) is 3.38. The molecule has 1 heterocycles. The van der Waals surface area contributed by atoms with E-state index >= 15 is 0 Å². The highest BCUT2D eigenvalue weighted by atomic mass is 79.9. The van der Waals surface area contributed by atoms with Crippen LogP contribution >= 0.6 is 39.3 Å². The van der Waals surface area contributed by atoms with Gasteiger partial charge in [0.25, 0.3) is 11.8 Å². The molecule has 1 saturated heterocycles. The van der Waals surface area contributed by atoms with E-state index < -0.39 is 5.91 Å². The molecule has 9 heteroatoms. The lowest BCUT2D eigenvalue weighted by molar-refractivity contribution is -0.120. The highest BCUT2D eigenvalue weighted by molar-refractivity contribution is 9.10. The van der Waals surface area contributed by atoms with Crippen LogP contribution in [0, 0.1) is 0 Å². The fraction of sp³-hybridized carbons (Fsp3) is 0.0556. The lowest BCUT2D eigenvalue weighted by Crippen LogP contribution is -2.19. The zero-order valence-corrected chi connectivity index (χ0v) is 16.9. The number of carbonyl (C=O) groups is 2. The van der Waals surface area contributed by atoms with Crippen LogP contribution in [0.4, 0.5) is 5.69 Å². The second-order valence-electron chi connectivity index (χ2n) is 5.40. The molecule has 1 aliphatic heterocycles. The number of rotatable bonds is 5. The third-order valence-corrected chi connectivity index (χ3v) is 5.49. The number of carbonyl (C=O) groups excluding carboxylic acids is 2. The van der Waals surface area contributed by atoms with Crippen molar-refractivity contribution >= 4 is 68.0 Å². The minimum Gasteiger partial charge on any atom is -0.484 e. The SMILES string of the molecule is NC(=O)COc1ccc(/C=C2\SC(=Nc3ccc(Br)c(Cl)c3)NC2=O)cc1. The van der Waals surface area contributed by atoms with Crippen LogP contribution in [0.3, 0.4) is 0 Å². The van der Waals surface area contributed by atoms with Crippen molar-refractivity contribution in [1.29, 1.82) is 0 Å². The minimum atomic E-state index is -0.543. The number of hydrogen-bond acceptors (Lipinski definition) is 5. The number of nitrogens with zero attached hydrogens (tertiary/aromatic N) is 1. The number of aliphatic imine (C=N–C) groups is 1. The first kappa shape index (κ1) is 19.5. The topological polar surface area (TPSA) is 93.8 Å². The molecular formula is C18H13BrClN3O3S. The van der Waals surface area contributed by atoms with Crippen LogP contribution in [0.2, 0.25) is 5.02 Å². The molecule has 6 nitrogen and oxygen atoms in total. The quantitative estimate of drug-likeness (QED) is 0.654. The van der Waals surface area contributed by atoms with Gasteiger partial charge < -0.3 is 15.8 Å². The van der Waals surface area contributed by atoms with E-state index in [2.05, 4.69) is 26.2 Å². The molecule has 3 rings (SSSR count). The number of halogens is 2. The highest BCUT2D eigenvalue weighted by Gasteiger charge is 2.23. The Morgan fingerprint density at radius 3 is 2.70 bits per heavy atom. The first-order valence-corrected chi connectivity index (χ1v) is 9.65. The predicted molar refractivity (Wildman–Crippen MR) is 111 cm³/mol. The first-order valence-electron chi connectivity index (χ1n) is 7.66. The Labute approximate surface area is 172 Å². The van der Waals surface area contributed by atoms with Crippen molar-refractivity contribution < 1.29 is 14.3 Å². The molecule has 27 heavy (non-hydrogen) atoms. The van der Waals surface area contributed by atoms with Gasteiger partial charge in [-0.25, -0.2) is 4.99 Å². The molecule has 3 N–H and O–H groups in total. The molecule has 0 aliphatic carbocycles. The van der Waals surface area contributed by atoms with Crippen molar-refractivity contribution in [1.82, 2.24) is 5.32 Å². The van der Waals surface area contributed by atoms with Gasteiger partial charge in [-0.15, -0.1) is 0 Å². The number of nitrogens with two attached hydrogens (primary N) is 1. The average molecular weight is 467 g/mol. The molecule has 138 valence electrons. The van der Waals surface area contributed by atoms with Crippen LogP contribution in [0.25, 0.3) is 6.08 Å². The van der Waals surface area contributed by atoms with E-state index in [1.165, 1.54) is 11.8 Å². The number of ether oxygens (including phenoxy) is 1. The third kappa shape index (κ3) is 5.35. The molecule has 2 aromatic carbocycles. The van der Waals surface area contributed by atoms with Gasteiger partial charge in [0, 0.05) is 4.47 Å². The van der Waals surface area contributed by atoms with Crippen molar-refractivity contribution in [3.05, 3.63) is 62.4 Å². The Hall–Kier alpha value is -2.29. The van der Waals surface area contributed by atoms with Crippen LogP contribution in [0.5, 0.6) is 5.75 Å². The summed E-state index contributed by atoms with van der Waals surface area (Å²) in [6.45, 7) is -0.182. The fourth-order valence-electron chi connectivity index (χ4n) is 2.12. The normalized spacial score (nSPS) is 16.6. The van der Waals surface area contributed by atoms with E-state index in [1.807, 2.05) is 0 Å². The summed E-state index contributed by atoms with van der Waals surface area (Å²) in [7, 11) is 0. The number of nitrogens with one attached hydrogen (secondary N) is 1. The zero-order chi connectivity index (χ0) is 19.4. The van der Waals surface area contributed by atoms with Crippen LogP contribution in [-0.2, 0) is 9.59 Å². The Kier molecular flexibility index (Phi) is 6.20. The van der Waals surface area contributed by atoms with E-state index in [1.54, 1.807) is 48.5 Å². The molecule has 0 aromatic heterocycles. The number of hydrogen-bond donors (Lipinski definition) is 2. The summed E-state index contributed by atoms with van der Waals surface area (Å²) in [6, 6.07) is 12.3. The van der Waals surface area contributed by atoms with Crippen molar-refractivity contribution in [2.75, 3.05) is 6.61 Å². The molecule has 0 atom stereocenters. The number of amidine groups is 1. The number of thioether (sulfide) groups is 1. The van der Waals surface area contributed by atoms with Crippen molar-refractivity contribution in [3.8, 4) is 5.75 Å². The Bertz CT molecular complexity index is 961. The van der Waals surface area contributed by atoms with E-state index in [9.17, 15) is 9.59 Å². The number of primary amides is 1. The summed E-state index contributed by atoms with van der Waals surface area (Å²) in [5, 5.41) is 3.75. The van der Waals surface area contributed by atoms with Crippen LogP contribution in [-0.4, -0.2) is 23.6 Å². The van der Waals surface area contributed by atoms with Gasteiger partial charge in [-0.05, 0) is 69.7 Å². The first-order chi connectivity index (χ1) is 12.9. The van der Waals surface area contributed by atoms with Crippen molar-refractivity contribution in [2.45, 2.75) is 0 Å². The lowest BCUT2D eigenvalue weighted by Gasteiger charge is -2.03. The lowest BCUT2D eigenvalue weighted by atomic mass is 10.2. The monoisotopic (exact) mass is 465 g/mol. The van der Waals surface area contributed by atoms with Gasteiger partial charge in [-0.3, -0.25) is 9.59 Å². The molecule has 2 amide bonds. The number of amides is 2. The molecule has 0 spiro atoms. The molecule has 0 bridgehead atoms. The number of benzene rings is 2. The van der Waals surface area contributed by atoms with Gasteiger partial charge in [0.15, 0.2) is 11.8 Å². The minimum absolute atomic E-state index is 0.182. The highest BCUT2D eigenvalue weighted by Crippen LogP contribution is 2.31. The summed E-state index contributed by atoms with van der Waals surface area (Å²) >= 11 is 10.6. The van der Waals surface area contributed by atoms with Gasteiger partial charge in [-0.2, -0.15) is 0 Å². The van der Waals surface area contributed by atoms with Gasteiger partial charge in [0.1, 0.15) is 5.75 Å². The largest absolute Gasteiger partial charge is 0.484 e. The maximum atomic E-state index is 12.2. The zero-order valence-electron chi connectivity index (χ0n) is 13.7. The van der Waals surface area contributed by atoms with E-state index in [0.717, 1.165) is 10.0 Å². The molecule has 0 radical (unpaired) electrons. The second-order valence-corrected chi connectivity index (χ2v) is 7.70. The van der Waals surface area contributed by atoms with Gasteiger partial charge in [0.2, 0.25) is 0 Å². The summed E-state index contributed by atoms with van der Waals surface area (Å²) in [5.74, 6) is -0.246. The van der Waals surface area contributed by atoms with Crippen LogP contribution in [0.1, 0.15) is 5.56 Å². The summed E-state index contributed by atoms with van der Waals surface area (Å²) in [6.07, 6.45) is 1.74. The smallest absolute Gasteiger partial charge is 0.264 e. The van der Waals surface area contributed by atoms with E-state index in [4.69, 9.17) is 22.1 Å². The molecule has 1 fully saturated rings. The summed E-state index contributed by atoms with van der Waals surface area (Å²) in [5.41, 5.74) is 6.49. The van der Waals surface area contributed by atoms with Crippen molar-refractivity contribution in [3.63, 3.8) is 0 Å².